The van der Waals surface area contributed by atoms with E-state index in [4.69, 9.17) is 4.99 Å². The Morgan fingerprint density at radius 2 is 1.52 bits per heavy atom. The van der Waals surface area contributed by atoms with E-state index in [-0.39, 0.29) is 5.92 Å². The maximum absolute atomic E-state index is 5.07. The molecule has 0 radical (unpaired) electrons. The number of para-hydroxylation sites is 2. The summed E-state index contributed by atoms with van der Waals surface area (Å²) < 4.78 is 0. The fraction of sp³-hybridized carbons (Fsp3) is 0.163. The van der Waals surface area contributed by atoms with Crippen molar-refractivity contribution >= 4 is 22.7 Å². The molecular formula is C49H49N3. The lowest BCUT2D eigenvalue weighted by atomic mass is 9.82. The molecule has 4 aromatic rings. The summed E-state index contributed by atoms with van der Waals surface area (Å²) in [5, 5.41) is 3.77. The number of nitrogens with zero attached hydrogens (tertiary/aromatic N) is 2. The van der Waals surface area contributed by atoms with Crippen LogP contribution < -0.4 is 10.2 Å². The van der Waals surface area contributed by atoms with Crippen LogP contribution in [0.4, 0.5) is 11.4 Å². The highest BCUT2D eigenvalue weighted by atomic mass is 15.2. The number of benzene rings is 4. The van der Waals surface area contributed by atoms with Crippen molar-refractivity contribution in [1.29, 1.82) is 0 Å². The first-order valence-electron chi connectivity index (χ1n) is 18.4. The number of aliphatic imine (C=N–C) groups is 1. The molecule has 0 spiro atoms. The summed E-state index contributed by atoms with van der Waals surface area (Å²) in [6, 6.07) is 40.2. The van der Waals surface area contributed by atoms with Crippen molar-refractivity contribution in [2.45, 2.75) is 39.7 Å². The lowest BCUT2D eigenvalue weighted by molar-refractivity contribution is 0.732. The third-order valence-corrected chi connectivity index (χ3v) is 9.66. The topological polar surface area (TPSA) is 27.6 Å². The molecule has 1 N–H and O–H groups in total. The van der Waals surface area contributed by atoms with Crippen LogP contribution in [0.1, 0.15) is 49.8 Å². The molecule has 4 aromatic carbocycles. The Kier molecular flexibility index (Phi) is 12.3. The Bertz CT molecular complexity index is 2070. The molecule has 1 unspecified atom stereocenters. The molecule has 1 heterocycles. The summed E-state index contributed by atoms with van der Waals surface area (Å²) in [5.41, 5.74) is 13.9. The smallest absolute Gasteiger partial charge is 0.0671 e. The zero-order valence-corrected chi connectivity index (χ0v) is 30.5. The van der Waals surface area contributed by atoms with Crippen LogP contribution in [0.2, 0.25) is 0 Å². The predicted molar refractivity (Wildman–Crippen MR) is 224 cm³/mol. The molecule has 6 rings (SSSR count). The second-order valence-electron chi connectivity index (χ2n) is 13.0. The van der Waals surface area contributed by atoms with Gasteiger partial charge in [0.2, 0.25) is 0 Å². The van der Waals surface area contributed by atoms with Gasteiger partial charge in [0.25, 0.3) is 0 Å². The SMILES string of the molecule is C=C/C=C(C1=CCCC=C1N/C(C=C)=C/C(=NCc1ccccc1)c1ccccc1)\C(=C/C)C(/C=C1\CN(c2ccccc2)c2ccccc21)CC. The quantitative estimate of drug-likeness (QED) is 0.106. The molecule has 0 fully saturated rings. The van der Waals surface area contributed by atoms with Gasteiger partial charge in [-0.25, -0.2) is 0 Å². The molecule has 3 heteroatoms. The van der Waals surface area contributed by atoms with Gasteiger partial charge in [-0.3, -0.25) is 4.99 Å². The van der Waals surface area contributed by atoms with Crippen LogP contribution in [0.25, 0.3) is 5.57 Å². The van der Waals surface area contributed by atoms with E-state index in [1.54, 1.807) is 0 Å². The standard InChI is InChI=1S/C49H49N3/c1-5-22-45(43(8-4)38(6-2)33-40-36-52(42-27-16-11-17-28-42)49-32-21-19-29-44(40)49)46-30-18-20-31-47(46)51-41(7-3)34-48(39-25-14-10-15-26-39)50-35-37-23-12-9-13-24-37/h5,7-17,19,21-34,38,51H,1,3,6,18,20,35-36H2,2,4H3/b40-33+,41-34+,43-8-,45-22+,50-48?. The number of nitrogens with one attached hydrogen (secondary N) is 1. The summed E-state index contributed by atoms with van der Waals surface area (Å²) in [7, 11) is 0. The van der Waals surface area contributed by atoms with Crippen LogP contribution in [-0.4, -0.2) is 12.3 Å². The summed E-state index contributed by atoms with van der Waals surface area (Å²) in [4.78, 5) is 7.49. The van der Waals surface area contributed by atoms with Gasteiger partial charge >= 0.3 is 0 Å². The molecule has 1 aliphatic heterocycles. The average molecular weight is 680 g/mol. The third kappa shape index (κ3) is 8.50. The van der Waals surface area contributed by atoms with E-state index in [0.29, 0.717) is 6.54 Å². The Morgan fingerprint density at radius 3 is 2.21 bits per heavy atom. The lowest BCUT2D eigenvalue weighted by Gasteiger charge is -2.26. The van der Waals surface area contributed by atoms with Gasteiger partial charge in [0, 0.05) is 46.4 Å². The Balaban J connectivity index is 1.31. The molecule has 260 valence electrons. The Labute approximate surface area is 310 Å². The molecule has 0 amide bonds. The number of allylic oxidation sites excluding steroid dienone is 10. The minimum Gasteiger partial charge on any atom is -0.355 e. The summed E-state index contributed by atoms with van der Waals surface area (Å²) >= 11 is 0. The fourth-order valence-electron chi connectivity index (χ4n) is 7.09. The normalized spacial score (nSPS) is 16.6. The summed E-state index contributed by atoms with van der Waals surface area (Å²) in [6.07, 6.45) is 20.5. The van der Waals surface area contributed by atoms with E-state index in [1.165, 1.54) is 44.8 Å². The monoisotopic (exact) mass is 679 g/mol. The van der Waals surface area contributed by atoms with E-state index in [0.717, 1.165) is 48.5 Å². The maximum atomic E-state index is 5.07. The van der Waals surface area contributed by atoms with E-state index >= 15 is 0 Å². The molecular weight excluding hydrogens is 631 g/mol. The van der Waals surface area contributed by atoms with E-state index in [1.807, 2.05) is 24.3 Å². The van der Waals surface area contributed by atoms with Gasteiger partial charge < -0.3 is 10.2 Å². The van der Waals surface area contributed by atoms with Crippen molar-refractivity contribution in [3.8, 4) is 0 Å². The van der Waals surface area contributed by atoms with Crippen LogP contribution in [0.15, 0.2) is 210 Å². The molecule has 52 heavy (non-hydrogen) atoms. The molecule has 0 bridgehead atoms. The largest absolute Gasteiger partial charge is 0.355 e. The molecule has 3 nitrogen and oxygen atoms in total. The zero-order chi connectivity index (χ0) is 36.1. The van der Waals surface area contributed by atoms with E-state index < -0.39 is 0 Å². The van der Waals surface area contributed by atoms with Crippen LogP contribution in [-0.2, 0) is 6.54 Å². The molecule has 0 saturated carbocycles. The highest BCUT2D eigenvalue weighted by Gasteiger charge is 2.27. The maximum Gasteiger partial charge on any atom is 0.0671 e. The average Bonchev–Trinajstić information content (AvgIpc) is 3.58. The second-order valence-corrected chi connectivity index (χ2v) is 13.0. The van der Waals surface area contributed by atoms with Crippen molar-refractivity contribution in [3.05, 3.63) is 222 Å². The fourth-order valence-corrected chi connectivity index (χ4v) is 7.09. The van der Waals surface area contributed by atoms with E-state index in [9.17, 15) is 0 Å². The van der Waals surface area contributed by atoms with Gasteiger partial charge in [0.15, 0.2) is 0 Å². The lowest BCUT2D eigenvalue weighted by Crippen LogP contribution is -2.19. The number of rotatable bonds is 14. The number of anilines is 2. The highest BCUT2D eigenvalue weighted by molar-refractivity contribution is 6.09. The molecule has 0 aromatic heterocycles. The first-order chi connectivity index (χ1) is 25.6. The summed E-state index contributed by atoms with van der Waals surface area (Å²) in [6.45, 7) is 14.3. The van der Waals surface area contributed by atoms with Crippen LogP contribution >= 0.6 is 0 Å². The van der Waals surface area contributed by atoms with Gasteiger partial charge in [0.1, 0.15) is 0 Å². The molecule has 0 saturated heterocycles. The van der Waals surface area contributed by atoms with Gasteiger partial charge in [-0.1, -0.05) is 154 Å². The minimum atomic E-state index is 0.211. The summed E-state index contributed by atoms with van der Waals surface area (Å²) in [5.74, 6) is 0.211. The minimum absolute atomic E-state index is 0.211. The number of hydrogen-bond donors (Lipinski definition) is 1. The van der Waals surface area contributed by atoms with Crippen LogP contribution in [0.5, 0.6) is 0 Å². The van der Waals surface area contributed by atoms with Crippen molar-refractivity contribution in [2.24, 2.45) is 10.9 Å². The van der Waals surface area contributed by atoms with Crippen LogP contribution in [0.3, 0.4) is 0 Å². The Hall–Kier alpha value is -5.93. The third-order valence-electron chi connectivity index (χ3n) is 9.66. The van der Waals surface area contributed by atoms with Crippen molar-refractivity contribution in [2.75, 3.05) is 11.4 Å². The number of fused-ring (bicyclic) bond motifs is 1. The molecule has 1 aliphatic carbocycles. The Morgan fingerprint density at radius 1 is 0.846 bits per heavy atom. The van der Waals surface area contributed by atoms with Crippen LogP contribution in [0, 0.1) is 5.92 Å². The zero-order valence-electron chi connectivity index (χ0n) is 30.5. The predicted octanol–water partition coefficient (Wildman–Crippen LogP) is 12.3. The number of hydrogen-bond acceptors (Lipinski definition) is 3. The second kappa shape index (κ2) is 17.8. The van der Waals surface area contributed by atoms with Gasteiger partial charge in [0.05, 0.1) is 12.3 Å². The van der Waals surface area contributed by atoms with Crippen molar-refractivity contribution in [3.63, 3.8) is 0 Å². The van der Waals surface area contributed by atoms with E-state index in [2.05, 4.69) is 177 Å². The van der Waals surface area contributed by atoms with Crippen molar-refractivity contribution < 1.29 is 0 Å². The van der Waals surface area contributed by atoms with Gasteiger partial charge in [-0.15, -0.1) is 0 Å². The highest BCUT2D eigenvalue weighted by Crippen LogP contribution is 2.42. The van der Waals surface area contributed by atoms with Crippen molar-refractivity contribution in [1.82, 2.24) is 5.32 Å². The van der Waals surface area contributed by atoms with Gasteiger partial charge in [-0.2, -0.15) is 0 Å². The molecule has 2 aliphatic rings. The van der Waals surface area contributed by atoms with Gasteiger partial charge in [-0.05, 0) is 84.4 Å². The molecule has 1 atom stereocenters. The first kappa shape index (κ1) is 35.9. The first-order valence-corrected chi connectivity index (χ1v) is 18.4.